The predicted octanol–water partition coefficient (Wildman–Crippen LogP) is 9.17. The minimum absolute atomic E-state index is 0.0406. The topological polar surface area (TPSA) is 25.8 Å². The molecule has 0 radical (unpaired) electrons. The lowest BCUT2D eigenvalue weighted by Gasteiger charge is -2.22. The van der Waals surface area contributed by atoms with Gasteiger partial charge in [0.1, 0.15) is 11.4 Å². The number of fused-ring (bicyclic) bond motifs is 2. The summed E-state index contributed by atoms with van der Waals surface area (Å²) in [4.78, 5) is 0. The summed E-state index contributed by atoms with van der Waals surface area (Å²) < 4.78 is 124. The van der Waals surface area contributed by atoms with E-state index in [4.69, 9.17) is 0 Å². The zero-order valence-electron chi connectivity index (χ0n) is 18.8. The molecule has 11 heteroatoms. The van der Waals surface area contributed by atoms with E-state index in [0.717, 1.165) is 0 Å². The summed E-state index contributed by atoms with van der Waals surface area (Å²) in [7, 11) is 0. The average Bonchev–Trinajstić information content (AvgIpc) is 2.85. The van der Waals surface area contributed by atoms with Crippen LogP contribution in [0.1, 0.15) is 16.7 Å². The van der Waals surface area contributed by atoms with Crippen LogP contribution in [-0.2, 0) is 18.5 Å². The number of hydrogen-bond acceptors (Lipinski definition) is 2. The second kappa shape index (κ2) is 8.71. The summed E-state index contributed by atoms with van der Waals surface area (Å²) in [5, 5.41) is 9.03. The molecule has 0 N–H and O–H groups in total. The second-order valence-electron chi connectivity index (χ2n) is 8.45. The Labute approximate surface area is 208 Å². The molecule has 194 valence electrons. The summed E-state index contributed by atoms with van der Waals surface area (Å²) in [6.07, 6.45) is -16.8. The number of hydrogen-bond donors (Lipinski definition) is 0. The SMILES string of the molecule is FC(F)(F)c1cc(-c2nnc(-c3ccccc3)c3cc4ccccc4cc23)c(C(F)(F)F)c(C(F)(F)F)c1. The lowest BCUT2D eigenvalue weighted by atomic mass is 9.91. The zero-order chi connectivity index (χ0) is 27.5. The summed E-state index contributed by atoms with van der Waals surface area (Å²) in [6, 6.07) is 17.4. The largest absolute Gasteiger partial charge is 0.417 e. The van der Waals surface area contributed by atoms with E-state index in [0.29, 0.717) is 16.3 Å². The molecule has 0 aliphatic carbocycles. The molecule has 38 heavy (non-hydrogen) atoms. The van der Waals surface area contributed by atoms with Gasteiger partial charge in [-0.1, -0.05) is 54.6 Å². The van der Waals surface area contributed by atoms with Crippen molar-refractivity contribution >= 4 is 21.5 Å². The molecule has 0 atom stereocenters. The van der Waals surface area contributed by atoms with Crippen molar-refractivity contribution in [1.82, 2.24) is 10.2 Å². The summed E-state index contributed by atoms with van der Waals surface area (Å²) >= 11 is 0. The lowest BCUT2D eigenvalue weighted by Crippen LogP contribution is -2.20. The fraction of sp³-hybridized carbons (Fsp3) is 0.111. The van der Waals surface area contributed by atoms with Crippen molar-refractivity contribution in [2.75, 3.05) is 0 Å². The molecule has 0 aliphatic rings. The number of halogens is 9. The van der Waals surface area contributed by atoms with Crippen LogP contribution >= 0.6 is 0 Å². The van der Waals surface area contributed by atoms with Crippen LogP contribution in [0, 0.1) is 0 Å². The number of alkyl halides is 9. The fourth-order valence-corrected chi connectivity index (χ4v) is 4.37. The van der Waals surface area contributed by atoms with Crippen LogP contribution in [0.2, 0.25) is 0 Å². The van der Waals surface area contributed by atoms with Gasteiger partial charge in [0.25, 0.3) is 0 Å². The van der Waals surface area contributed by atoms with Gasteiger partial charge in [0, 0.05) is 21.9 Å². The summed E-state index contributed by atoms with van der Waals surface area (Å²) in [6.45, 7) is 0. The van der Waals surface area contributed by atoms with E-state index in [-0.39, 0.29) is 22.5 Å². The van der Waals surface area contributed by atoms with Gasteiger partial charge in [-0.15, -0.1) is 10.2 Å². The minimum Gasteiger partial charge on any atom is -0.166 e. The van der Waals surface area contributed by atoms with Crippen LogP contribution < -0.4 is 0 Å². The van der Waals surface area contributed by atoms with Crippen molar-refractivity contribution in [2.24, 2.45) is 0 Å². The molecule has 0 unspecified atom stereocenters. The van der Waals surface area contributed by atoms with Crippen LogP contribution in [0.15, 0.2) is 78.9 Å². The molecule has 2 nitrogen and oxygen atoms in total. The molecule has 0 amide bonds. The minimum atomic E-state index is -5.74. The Hall–Kier alpha value is -4.15. The summed E-state index contributed by atoms with van der Waals surface area (Å²) in [5.41, 5.74) is -8.04. The maximum Gasteiger partial charge on any atom is 0.417 e. The van der Waals surface area contributed by atoms with Gasteiger partial charge in [0.2, 0.25) is 0 Å². The predicted molar refractivity (Wildman–Crippen MR) is 123 cm³/mol. The molecule has 0 spiro atoms. The molecule has 0 bridgehead atoms. The maximum absolute atomic E-state index is 14.1. The molecule has 4 aromatic carbocycles. The van der Waals surface area contributed by atoms with Gasteiger partial charge < -0.3 is 0 Å². The molecule has 1 aromatic heterocycles. The number of rotatable bonds is 2. The molecule has 5 rings (SSSR count). The normalized spacial score (nSPS) is 12.9. The highest BCUT2D eigenvalue weighted by atomic mass is 19.4. The van der Waals surface area contributed by atoms with Gasteiger partial charge in [-0.05, 0) is 35.0 Å². The van der Waals surface area contributed by atoms with Gasteiger partial charge in [0.05, 0.1) is 16.7 Å². The van der Waals surface area contributed by atoms with E-state index in [1.807, 2.05) is 0 Å². The van der Waals surface area contributed by atoms with E-state index in [2.05, 4.69) is 10.2 Å². The molecule has 1 heterocycles. The van der Waals surface area contributed by atoms with Crippen LogP contribution in [-0.4, -0.2) is 10.2 Å². The number of aromatic nitrogens is 2. The Morgan fingerprint density at radius 2 is 1.03 bits per heavy atom. The third-order valence-electron chi connectivity index (χ3n) is 6.00. The van der Waals surface area contributed by atoms with Gasteiger partial charge in [-0.2, -0.15) is 39.5 Å². The van der Waals surface area contributed by atoms with Gasteiger partial charge in [-0.3, -0.25) is 0 Å². The highest BCUT2D eigenvalue weighted by Gasteiger charge is 2.48. The molecule has 0 saturated heterocycles. The van der Waals surface area contributed by atoms with Crippen molar-refractivity contribution in [3.63, 3.8) is 0 Å². The van der Waals surface area contributed by atoms with E-state index in [1.54, 1.807) is 60.7 Å². The monoisotopic (exact) mass is 536 g/mol. The molecule has 0 fully saturated rings. The number of nitrogens with zero attached hydrogens (tertiary/aromatic N) is 2. The lowest BCUT2D eigenvalue weighted by molar-refractivity contribution is -0.163. The first-order valence-electron chi connectivity index (χ1n) is 10.9. The van der Waals surface area contributed by atoms with E-state index < -0.39 is 52.5 Å². The van der Waals surface area contributed by atoms with E-state index >= 15 is 0 Å². The fourth-order valence-electron chi connectivity index (χ4n) is 4.37. The third-order valence-corrected chi connectivity index (χ3v) is 6.00. The first kappa shape index (κ1) is 25.5. The standard InChI is InChI=1S/C27H13F9N2/c28-25(29,30)17-12-20(22(27(34,35)36)21(13-17)26(31,32)33)24-19-11-16-9-5-4-8-15(16)10-18(19)23(37-38-24)14-6-2-1-3-7-14/h1-13H. The van der Waals surface area contributed by atoms with Crippen LogP contribution in [0.5, 0.6) is 0 Å². The van der Waals surface area contributed by atoms with Crippen molar-refractivity contribution in [2.45, 2.75) is 18.5 Å². The summed E-state index contributed by atoms with van der Waals surface area (Å²) in [5.74, 6) is 0. The maximum atomic E-state index is 14.1. The van der Waals surface area contributed by atoms with Crippen LogP contribution in [0.4, 0.5) is 39.5 Å². The third kappa shape index (κ3) is 4.52. The molecular formula is C27H13F9N2. The second-order valence-corrected chi connectivity index (χ2v) is 8.45. The first-order valence-corrected chi connectivity index (χ1v) is 10.9. The first-order chi connectivity index (χ1) is 17.7. The Morgan fingerprint density at radius 1 is 0.500 bits per heavy atom. The van der Waals surface area contributed by atoms with E-state index in [9.17, 15) is 39.5 Å². The van der Waals surface area contributed by atoms with Gasteiger partial charge >= 0.3 is 18.5 Å². The van der Waals surface area contributed by atoms with Crippen LogP contribution in [0.3, 0.4) is 0 Å². The Balaban J connectivity index is 1.97. The smallest absolute Gasteiger partial charge is 0.166 e. The van der Waals surface area contributed by atoms with Crippen molar-refractivity contribution in [3.8, 4) is 22.5 Å². The number of benzene rings is 4. The quantitative estimate of drug-likeness (QED) is 0.166. The van der Waals surface area contributed by atoms with Crippen LogP contribution in [0.25, 0.3) is 44.1 Å². The van der Waals surface area contributed by atoms with Crippen molar-refractivity contribution in [1.29, 1.82) is 0 Å². The average molecular weight is 536 g/mol. The molecule has 5 aromatic rings. The highest BCUT2D eigenvalue weighted by molar-refractivity contribution is 6.08. The molecule has 0 saturated carbocycles. The van der Waals surface area contributed by atoms with Crippen molar-refractivity contribution < 1.29 is 39.5 Å². The highest BCUT2D eigenvalue weighted by Crippen LogP contribution is 2.49. The van der Waals surface area contributed by atoms with Gasteiger partial charge in [0.15, 0.2) is 0 Å². The van der Waals surface area contributed by atoms with E-state index in [1.165, 1.54) is 6.07 Å². The zero-order valence-corrected chi connectivity index (χ0v) is 18.8. The van der Waals surface area contributed by atoms with Crippen molar-refractivity contribution in [3.05, 3.63) is 95.6 Å². The molecule has 0 aliphatic heterocycles. The Kier molecular flexibility index (Phi) is 5.85. The van der Waals surface area contributed by atoms with Gasteiger partial charge in [-0.25, -0.2) is 0 Å². The molecular weight excluding hydrogens is 523 g/mol. The Morgan fingerprint density at radius 3 is 1.55 bits per heavy atom. The Bertz CT molecular complexity index is 1670.